The van der Waals surface area contributed by atoms with Crippen molar-refractivity contribution in [1.82, 2.24) is 14.6 Å². The van der Waals surface area contributed by atoms with Crippen LogP contribution in [0.25, 0.3) is 16.9 Å². The lowest BCUT2D eigenvalue weighted by atomic mass is 10.1. The van der Waals surface area contributed by atoms with Crippen LogP contribution in [0.15, 0.2) is 30.3 Å². The molecule has 0 saturated heterocycles. The van der Waals surface area contributed by atoms with Crippen LogP contribution in [0.3, 0.4) is 0 Å². The lowest BCUT2D eigenvalue weighted by Gasteiger charge is -2.11. The van der Waals surface area contributed by atoms with Gasteiger partial charge in [0.2, 0.25) is 0 Å². The molecule has 1 aromatic carbocycles. The first kappa shape index (κ1) is 28.8. The molecule has 0 fully saturated rings. The molecule has 15 heteroatoms. The molecule has 3 aromatic heterocycles. The number of nitrogens with one attached hydrogen (secondary N) is 1. The molecule has 3 heterocycles. The molecule has 0 atom stereocenters. The number of primary amides is 1. The lowest BCUT2D eigenvalue weighted by Crippen LogP contribution is -2.17. The van der Waals surface area contributed by atoms with Gasteiger partial charge in [-0.05, 0) is 37.1 Å². The zero-order valence-electron chi connectivity index (χ0n) is 21.2. The van der Waals surface area contributed by atoms with Crippen molar-refractivity contribution in [2.24, 2.45) is 5.73 Å². The summed E-state index contributed by atoms with van der Waals surface area (Å²) in [6, 6.07) is 7.00. The Kier molecular flexibility index (Phi) is 8.03. The largest absolute Gasteiger partial charge is 0.497 e. The number of carbonyl (C=O) groups is 3. The maximum Gasteiger partial charge on any atom is 0.433 e. The zero-order valence-corrected chi connectivity index (χ0v) is 22.8. The third-order valence-electron chi connectivity index (χ3n) is 5.64. The number of benzene rings is 1. The highest BCUT2D eigenvalue weighted by molar-refractivity contribution is 7.18. The molecule has 210 valence electrons. The van der Waals surface area contributed by atoms with E-state index in [1.165, 1.54) is 26.2 Å². The Morgan fingerprint density at radius 3 is 2.58 bits per heavy atom. The van der Waals surface area contributed by atoms with Crippen molar-refractivity contribution in [3.8, 4) is 17.0 Å². The molecule has 3 N–H and O–H groups in total. The van der Waals surface area contributed by atoms with Crippen molar-refractivity contribution in [3.63, 3.8) is 0 Å². The molecule has 0 aliphatic rings. The quantitative estimate of drug-likeness (QED) is 0.261. The number of ether oxygens (including phenoxy) is 2. The highest BCUT2D eigenvalue weighted by Gasteiger charge is 2.37. The van der Waals surface area contributed by atoms with Gasteiger partial charge in [0, 0.05) is 5.56 Å². The van der Waals surface area contributed by atoms with Crippen LogP contribution in [-0.4, -0.2) is 46.1 Å². The summed E-state index contributed by atoms with van der Waals surface area (Å²) in [4.78, 5) is 42.0. The number of nitrogens with zero attached hydrogens (tertiary/aromatic N) is 3. The molecule has 0 unspecified atom stereocenters. The fourth-order valence-corrected chi connectivity index (χ4v) is 5.07. The number of thiophene rings is 1. The highest BCUT2D eigenvalue weighted by Crippen LogP contribution is 2.37. The van der Waals surface area contributed by atoms with Gasteiger partial charge in [0.25, 0.3) is 11.8 Å². The number of halogens is 4. The molecule has 40 heavy (non-hydrogen) atoms. The van der Waals surface area contributed by atoms with Gasteiger partial charge in [-0.25, -0.2) is 14.3 Å². The number of alkyl halides is 3. The van der Waals surface area contributed by atoms with E-state index in [9.17, 15) is 27.6 Å². The molecule has 0 aliphatic heterocycles. The number of rotatable bonds is 8. The van der Waals surface area contributed by atoms with Gasteiger partial charge >= 0.3 is 12.1 Å². The molecule has 4 aromatic rings. The van der Waals surface area contributed by atoms with Crippen LogP contribution in [0.2, 0.25) is 5.02 Å². The number of esters is 1. The zero-order chi connectivity index (χ0) is 29.4. The minimum Gasteiger partial charge on any atom is -0.497 e. The summed E-state index contributed by atoms with van der Waals surface area (Å²) in [5.41, 5.74) is 3.42. The predicted molar refractivity (Wildman–Crippen MR) is 141 cm³/mol. The number of hydrogen-bond acceptors (Lipinski definition) is 8. The molecule has 4 rings (SSSR count). The first-order valence-electron chi connectivity index (χ1n) is 11.6. The van der Waals surface area contributed by atoms with E-state index in [4.69, 9.17) is 26.8 Å². The fourth-order valence-electron chi connectivity index (χ4n) is 3.78. The van der Waals surface area contributed by atoms with Gasteiger partial charge in [-0.3, -0.25) is 9.59 Å². The Hall–Kier alpha value is -4.17. The second kappa shape index (κ2) is 11.1. The Morgan fingerprint density at radius 1 is 1.23 bits per heavy atom. The van der Waals surface area contributed by atoms with Gasteiger partial charge in [-0.2, -0.15) is 18.3 Å². The van der Waals surface area contributed by atoms with Crippen molar-refractivity contribution in [1.29, 1.82) is 0 Å². The van der Waals surface area contributed by atoms with E-state index in [-0.39, 0.29) is 33.3 Å². The Morgan fingerprint density at radius 2 is 1.95 bits per heavy atom. The maximum absolute atomic E-state index is 14.1. The van der Waals surface area contributed by atoms with Crippen molar-refractivity contribution in [3.05, 3.63) is 62.7 Å². The highest BCUT2D eigenvalue weighted by atomic mass is 35.5. The van der Waals surface area contributed by atoms with Gasteiger partial charge in [-0.1, -0.05) is 30.7 Å². The van der Waals surface area contributed by atoms with Crippen LogP contribution < -0.4 is 15.8 Å². The molecule has 0 bridgehead atoms. The predicted octanol–water partition coefficient (Wildman–Crippen LogP) is 5.37. The third kappa shape index (κ3) is 5.45. The summed E-state index contributed by atoms with van der Waals surface area (Å²) < 4.78 is 52.9. The van der Waals surface area contributed by atoms with Crippen LogP contribution in [0.4, 0.5) is 18.2 Å². The van der Waals surface area contributed by atoms with Gasteiger partial charge in [0.05, 0.1) is 29.9 Å². The number of carbonyl (C=O) groups excluding carboxylic acids is 3. The molecule has 2 amide bonds. The normalized spacial score (nSPS) is 11.5. The standard InChI is InChI=1S/C25H21ClF3N5O5S/c1-4-8-39-24(37)16-11(2)19(20(30)35)40-23(16)32-22(36)18-17(26)21-31-14(12-6-5-7-13(9-12)38-3)10-15(25(27,28)29)34(21)33-18/h5-7,9-10H,4,8H2,1-3H3,(H2,30,35)(H,32,36). The van der Waals surface area contributed by atoms with Crippen molar-refractivity contribution in [2.45, 2.75) is 26.4 Å². The summed E-state index contributed by atoms with van der Waals surface area (Å²) in [5, 5.41) is 5.63. The minimum atomic E-state index is -4.89. The molecular weight excluding hydrogens is 575 g/mol. The van der Waals surface area contributed by atoms with E-state index in [1.54, 1.807) is 19.1 Å². The Balaban J connectivity index is 1.82. The smallest absolute Gasteiger partial charge is 0.433 e. The van der Waals surface area contributed by atoms with Crippen LogP contribution in [-0.2, 0) is 10.9 Å². The molecular formula is C25H21ClF3N5O5S. The minimum absolute atomic E-state index is 0.0104. The first-order valence-corrected chi connectivity index (χ1v) is 12.8. The average Bonchev–Trinajstić information content (AvgIpc) is 3.42. The summed E-state index contributed by atoms with van der Waals surface area (Å²) in [6.07, 6.45) is -4.38. The first-order chi connectivity index (χ1) is 18.9. The third-order valence-corrected chi connectivity index (χ3v) is 7.21. The van der Waals surface area contributed by atoms with E-state index >= 15 is 0 Å². The SMILES string of the molecule is CCCOC(=O)c1c(NC(=O)c2nn3c(C(F)(F)F)cc(-c4cccc(OC)c4)nc3c2Cl)sc(C(N)=O)c1C. The second-order valence-electron chi connectivity index (χ2n) is 8.37. The number of aromatic nitrogens is 3. The van der Waals surface area contributed by atoms with E-state index in [2.05, 4.69) is 15.4 Å². The average molecular weight is 596 g/mol. The number of anilines is 1. The fraction of sp³-hybridized carbons (Fsp3) is 0.240. The van der Waals surface area contributed by atoms with Gasteiger partial charge in [0.1, 0.15) is 15.8 Å². The maximum atomic E-state index is 14.1. The Labute approximate surface area is 233 Å². The molecule has 0 spiro atoms. The topological polar surface area (TPSA) is 138 Å². The van der Waals surface area contributed by atoms with E-state index in [1.807, 2.05) is 0 Å². The summed E-state index contributed by atoms with van der Waals surface area (Å²) in [6.45, 7) is 3.30. The van der Waals surface area contributed by atoms with Gasteiger partial charge < -0.3 is 20.5 Å². The van der Waals surface area contributed by atoms with Crippen molar-refractivity contribution >= 4 is 51.4 Å². The molecule has 0 aliphatic carbocycles. The molecule has 0 saturated carbocycles. The van der Waals surface area contributed by atoms with E-state index in [0.717, 1.165) is 6.07 Å². The molecule has 0 radical (unpaired) electrons. The lowest BCUT2D eigenvalue weighted by molar-refractivity contribution is -0.142. The van der Waals surface area contributed by atoms with Crippen molar-refractivity contribution in [2.75, 3.05) is 19.0 Å². The number of hydrogen-bond donors (Lipinski definition) is 2. The number of amides is 2. The van der Waals surface area contributed by atoms with Gasteiger partial charge in [0.15, 0.2) is 17.0 Å². The van der Waals surface area contributed by atoms with Crippen LogP contribution in [0, 0.1) is 6.92 Å². The summed E-state index contributed by atoms with van der Waals surface area (Å²) >= 11 is 7.06. The monoisotopic (exact) mass is 595 g/mol. The molecule has 10 nitrogen and oxygen atoms in total. The Bertz CT molecular complexity index is 1650. The van der Waals surface area contributed by atoms with Crippen LogP contribution in [0.5, 0.6) is 5.75 Å². The van der Waals surface area contributed by atoms with Crippen LogP contribution in [0.1, 0.15) is 55.1 Å². The number of nitrogens with two attached hydrogens (primary N) is 1. The van der Waals surface area contributed by atoms with Crippen LogP contribution >= 0.6 is 22.9 Å². The second-order valence-corrected chi connectivity index (χ2v) is 9.77. The van der Waals surface area contributed by atoms with E-state index in [0.29, 0.717) is 33.6 Å². The number of fused-ring (bicyclic) bond motifs is 1. The van der Waals surface area contributed by atoms with Crippen molar-refractivity contribution < 1.29 is 37.0 Å². The van der Waals surface area contributed by atoms with E-state index < -0.39 is 46.0 Å². The number of methoxy groups -OCH3 is 1. The summed E-state index contributed by atoms with van der Waals surface area (Å²) in [5.74, 6) is -2.32. The summed E-state index contributed by atoms with van der Waals surface area (Å²) in [7, 11) is 1.41. The van der Waals surface area contributed by atoms with Gasteiger partial charge in [-0.15, -0.1) is 11.3 Å².